The molecule has 1 rings (SSSR count). The molecular formula is C11H14N4O3. The third kappa shape index (κ3) is 2.93. The molecule has 0 amide bonds. The van der Waals surface area contributed by atoms with Crippen LogP contribution in [0.25, 0.3) is 0 Å². The fourth-order valence-electron chi connectivity index (χ4n) is 1.66. The van der Waals surface area contributed by atoms with Crippen LogP contribution in [0.4, 0.5) is 11.5 Å². The fourth-order valence-corrected chi connectivity index (χ4v) is 1.66. The number of aliphatic hydroxyl groups excluding tert-OH is 1. The summed E-state index contributed by atoms with van der Waals surface area (Å²) in [6.07, 6.45) is 2.12. The number of aromatic nitrogens is 1. The number of aliphatic hydroxyl groups is 1. The van der Waals surface area contributed by atoms with E-state index >= 15 is 0 Å². The van der Waals surface area contributed by atoms with Crippen LogP contribution in [0.2, 0.25) is 0 Å². The maximum Gasteiger partial charge on any atom is 0.329 e. The monoisotopic (exact) mass is 250 g/mol. The molecule has 0 aliphatic carbocycles. The van der Waals surface area contributed by atoms with Crippen LogP contribution in [0.3, 0.4) is 0 Å². The van der Waals surface area contributed by atoms with Crippen LogP contribution < -0.4 is 4.90 Å². The van der Waals surface area contributed by atoms with Gasteiger partial charge in [0.05, 0.1) is 11.5 Å². The minimum absolute atomic E-state index is 0.0240. The van der Waals surface area contributed by atoms with Crippen molar-refractivity contribution in [3.05, 3.63) is 27.9 Å². The molecule has 0 saturated carbocycles. The summed E-state index contributed by atoms with van der Waals surface area (Å²) in [4.78, 5) is 16.0. The lowest BCUT2D eigenvalue weighted by atomic mass is 10.2. The lowest BCUT2D eigenvalue weighted by molar-refractivity contribution is -0.384. The van der Waals surface area contributed by atoms with Gasteiger partial charge in [-0.2, -0.15) is 5.26 Å². The van der Waals surface area contributed by atoms with Crippen molar-refractivity contribution in [3.63, 3.8) is 0 Å². The van der Waals surface area contributed by atoms with Gasteiger partial charge in [0.15, 0.2) is 0 Å². The zero-order chi connectivity index (χ0) is 13.5. The van der Waals surface area contributed by atoms with Gasteiger partial charge in [0, 0.05) is 19.3 Å². The summed E-state index contributed by atoms with van der Waals surface area (Å²) in [5.41, 5.74) is -0.328. The average Bonchev–Trinajstić information content (AvgIpc) is 2.37. The topological polar surface area (TPSA) is 103 Å². The van der Waals surface area contributed by atoms with Gasteiger partial charge in [0.25, 0.3) is 0 Å². The molecular weight excluding hydrogens is 236 g/mol. The third-order valence-corrected chi connectivity index (χ3v) is 2.37. The summed E-state index contributed by atoms with van der Waals surface area (Å²) in [5, 5.41) is 28.9. The highest BCUT2D eigenvalue weighted by Gasteiger charge is 2.24. The van der Waals surface area contributed by atoms with Crippen molar-refractivity contribution in [2.24, 2.45) is 0 Å². The molecule has 0 fully saturated rings. The molecule has 0 unspecified atom stereocenters. The molecule has 0 radical (unpaired) electrons. The molecule has 1 N–H and O–H groups in total. The summed E-state index contributed by atoms with van der Waals surface area (Å²) >= 11 is 0. The first kappa shape index (κ1) is 13.9. The van der Waals surface area contributed by atoms with Gasteiger partial charge in [0.2, 0.25) is 5.82 Å². The zero-order valence-electron chi connectivity index (χ0n) is 10.0. The van der Waals surface area contributed by atoms with Gasteiger partial charge in [-0.15, -0.1) is 0 Å². The largest absolute Gasteiger partial charge is 0.395 e. The van der Waals surface area contributed by atoms with Crippen molar-refractivity contribution in [2.75, 3.05) is 24.6 Å². The van der Waals surface area contributed by atoms with Crippen LogP contribution >= 0.6 is 0 Å². The lowest BCUT2D eigenvalue weighted by Crippen LogP contribution is -2.29. The van der Waals surface area contributed by atoms with E-state index in [1.54, 1.807) is 11.0 Å². The maximum atomic E-state index is 11.0. The molecule has 0 atom stereocenters. The first-order chi connectivity index (χ1) is 8.65. The molecule has 18 heavy (non-hydrogen) atoms. The highest BCUT2D eigenvalue weighted by atomic mass is 16.6. The van der Waals surface area contributed by atoms with Crippen LogP contribution in [-0.4, -0.2) is 34.7 Å². The van der Waals surface area contributed by atoms with E-state index in [0.29, 0.717) is 6.54 Å². The molecule has 7 nitrogen and oxygen atoms in total. The maximum absolute atomic E-state index is 11.0. The second kappa shape index (κ2) is 6.51. The molecule has 1 aromatic heterocycles. The van der Waals surface area contributed by atoms with Gasteiger partial charge in [-0.1, -0.05) is 6.92 Å². The molecule has 96 valence electrons. The Bertz CT molecular complexity index is 464. The van der Waals surface area contributed by atoms with Gasteiger partial charge in [-0.25, -0.2) is 4.98 Å². The average molecular weight is 250 g/mol. The molecule has 1 aromatic rings. The SMILES string of the molecule is CCCN(CCO)c1nccc(C#N)c1[N+](=O)[O-]. The van der Waals surface area contributed by atoms with E-state index in [9.17, 15) is 10.1 Å². The summed E-state index contributed by atoms with van der Waals surface area (Å²) in [6, 6.07) is 3.10. The van der Waals surface area contributed by atoms with Crippen molar-refractivity contribution in [1.82, 2.24) is 4.98 Å². The smallest absolute Gasteiger partial charge is 0.329 e. The Morgan fingerprint density at radius 2 is 2.33 bits per heavy atom. The molecule has 1 heterocycles. The molecule has 7 heteroatoms. The number of nitriles is 1. The van der Waals surface area contributed by atoms with E-state index in [0.717, 1.165) is 6.42 Å². The van der Waals surface area contributed by atoms with Crippen LogP contribution in [0.1, 0.15) is 18.9 Å². The number of rotatable bonds is 6. The Hall–Kier alpha value is -2.20. The summed E-state index contributed by atoms with van der Waals surface area (Å²) in [7, 11) is 0. The Balaban J connectivity index is 3.28. The van der Waals surface area contributed by atoms with E-state index < -0.39 is 4.92 Å². The first-order valence-electron chi connectivity index (χ1n) is 5.55. The number of nitrogens with zero attached hydrogens (tertiary/aromatic N) is 4. The van der Waals surface area contributed by atoms with Crippen LogP contribution in [0.5, 0.6) is 0 Å². The van der Waals surface area contributed by atoms with Crippen molar-refractivity contribution in [3.8, 4) is 6.07 Å². The highest BCUT2D eigenvalue weighted by molar-refractivity contribution is 5.65. The predicted octanol–water partition coefficient (Wildman–Crippen LogP) is 1.07. The van der Waals surface area contributed by atoms with Crippen molar-refractivity contribution in [2.45, 2.75) is 13.3 Å². The molecule has 0 aliphatic rings. The Kier molecular flexibility index (Phi) is 5.02. The normalized spacial score (nSPS) is 9.83. The quantitative estimate of drug-likeness (QED) is 0.598. The Morgan fingerprint density at radius 3 is 2.83 bits per heavy atom. The van der Waals surface area contributed by atoms with Crippen LogP contribution in [-0.2, 0) is 0 Å². The van der Waals surface area contributed by atoms with Gasteiger partial charge in [-0.05, 0) is 12.5 Å². The van der Waals surface area contributed by atoms with Crippen LogP contribution in [0.15, 0.2) is 12.3 Å². The van der Waals surface area contributed by atoms with Crippen molar-refractivity contribution >= 4 is 11.5 Å². The molecule has 0 aromatic carbocycles. The van der Waals surface area contributed by atoms with Gasteiger partial charge < -0.3 is 10.0 Å². The van der Waals surface area contributed by atoms with Gasteiger partial charge in [0.1, 0.15) is 11.6 Å². The van der Waals surface area contributed by atoms with E-state index in [4.69, 9.17) is 10.4 Å². The van der Waals surface area contributed by atoms with E-state index in [-0.39, 0.29) is 30.2 Å². The highest BCUT2D eigenvalue weighted by Crippen LogP contribution is 2.28. The number of nitro groups is 1. The third-order valence-electron chi connectivity index (χ3n) is 2.37. The second-order valence-corrected chi connectivity index (χ2v) is 3.61. The first-order valence-corrected chi connectivity index (χ1v) is 5.55. The van der Waals surface area contributed by atoms with Gasteiger partial charge in [-0.3, -0.25) is 10.1 Å². The predicted molar refractivity (Wildman–Crippen MR) is 65.2 cm³/mol. The molecule has 0 spiro atoms. The Labute approximate surface area is 104 Å². The standard InChI is InChI=1S/C11H14N4O3/c1-2-5-14(6-7-16)11-10(15(17)18)9(8-12)3-4-13-11/h3-4,16H,2,5-7H2,1H3. The van der Waals surface area contributed by atoms with Crippen molar-refractivity contribution < 1.29 is 10.0 Å². The van der Waals surface area contributed by atoms with E-state index in [2.05, 4.69) is 4.98 Å². The molecule has 0 bridgehead atoms. The summed E-state index contributed by atoms with van der Waals surface area (Å²) in [6.45, 7) is 2.57. The zero-order valence-corrected chi connectivity index (χ0v) is 10.0. The van der Waals surface area contributed by atoms with Crippen LogP contribution in [0, 0.1) is 21.4 Å². The number of anilines is 1. The number of hydrogen-bond donors (Lipinski definition) is 1. The van der Waals surface area contributed by atoms with E-state index in [1.165, 1.54) is 12.3 Å². The fraction of sp³-hybridized carbons (Fsp3) is 0.455. The molecule has 0 aliphatic heterocycles. The molecule has 0 saturated heterocycles. The number of pyridine rings is 1. The number of hydrogen-bond acceptors (Lipinski definition) is 6. The minimum Gasteiger partial charge on any atom is -0.395 e. The van der Waals surface area contributed by atoms with E-state index in [1.807, 2.05) is 6.92 Å². The van der Waals surface area contributed by atoms with Gasteiger partial charge >= 0.3 is 5.69 Å². The second-order valence-electron chi connectivity index (χ2n) is 3.61. The Morgan fingerprint density at radius 1 is 1.61 bits per heavy atom. The minimum atomic E-state index is -0.610. The van der Waals surface area contributed by atoms with Crippen molar-refractivity contribution in [1.29, 1.82) is 5.26 Å². The summed E-state index contributed by atoms with van der Waals surface area (Å²) in [5.74, 6) is 0.134. The lowest BCUT2D eigenvalue weighted by Gasteiger charge is -2.21. The summed E-state index contributed by atoms with van der Waals surface area (Å²) < 4.78 is 0.